The summed E-state index contributed by atoms with van der Waals surface area (Å²) in [6.07, 6.45) is 1.89. The zero-order valence-electron chi connectivity index (χ0n) is 15.9. The molecule has 3 atom stereocenters. The fraction of sp³-hybridized carbons (Fsp3) is 1.00. The number of hydrogen-bond donors (Lipinski definition) is 0. The molecule has 5 nitrogen and oxygen atoms in total. The Morgan fingerprint density at radius 1 is 1.33 bits per heavy atom. The quantitative estimate of drug-likeness (QED) is 0.555. The summed E-state index contributed by atoms with van der Waals surface area (Å²) >= 11 is 0. The summed E-state index contributed by atoms with van der Waals surface area (Å²) < 4.78 is 28.6. The molecule has 3 aliphatic rings. The van der Waals surface area contributed by atoms with E-state index in [0.717, 1.165) is 32.6 Å². The van der Waals surface area contributed by atoms with Gasteiger partial charge in [-0.05, 0) is 32.7 Å². The molecule has 0 aromatic carbocycles. The van der Waals surface area contributed by atoms with Gasteiger partial charge < -0.3 is 19.3 Å². The van der Waals surface area contributed by atoms with Gasteiger partial charge in [-0.25, -0.2) is 4.39 Å². The van der Waals surface area contributed by atoms with Crippen molar-refractivity contribution in [2.75, 3.05) is 52.7 Å². The number of rotatable bonds is 4. The minimum atomic E-state index is -0.746. The molecule has 0 saturated carbocycles. The van der Waals surface area contributed by atoms with E-state index in [0.29, 0.717) is 32.8 Å². The maximum atomic E-state index is 12.9. The van der Waals surface area contributed by atoms with Gasteiger partial charge in [0.05, 0.1) is 26.4 Å². The van der Waals surface area contributed by atoms with Crippen molar-refractivity contribution >= 4 is 0 Å². The topological polar surface area (TPSA) is 54.0 Å². The van der Waals surface area contributed by atoms with E-state index in [9.17, 15) is 9.50 Å². The maximum absolute atomic E-state index is 12.9. The molecule has 0 bridgehead atoms. The molecule has 0 aliphatic carbocycles. The second kappa shape index (κ2) is 14.4. The molecule has 0 amide bonds. The first-order valence-corrected chi connectivity index (χ1v) is 8.94. The number of hydrogen-bond acceptors (Lipinski definition) is 5. The molecule has 0 spiro atoms. The molecule has 3 heterocycles. The average molecular weight is 374 g/mol. The third kappa shape index (κ3) is 7.94. The number of ether oxygens (including phenoxy) is 3. The number of alkyl halides is 1. The molecule has 24 heavy (non-hydrogen) atoms. The van der Waals surface area contributed by atoms with Crippen LogP contribution in [0.1, 0.15) is 40.0 Å². The molecule has 138 valence electrons. The van der Waals surface area contributed by atoms with E-state index in [1.165, 1.54) is 0 Å². The Morgan fingerprint density at radius 2 is 2.08 bits per heavy atom. The van der Waals surface area contributed by atoms with Crippen molar-refractivity contribution in [2.24, 2.45) is 0 Å². The van der Waals surface area contributed by atoms with Crippen LogP contribution in [0.4, 0.5) is 4.39 Å². The molecule has 3 fully saturated rings. The maximum Gasteiger partial charge on any atom is 1.00 e. The van der Waals surface area contributed by atoms with E-state index in [1.54, 1.807) is 0 Å². The van der Waals surface area contributed by atoms with Gasteiger partial charge in [-0.2, -0.15) is 0 Å². The molecule has 3 rings (SSSR count). The van der Waals surface area contributed by atoms with Crippen molar-refractivity contribution in [3.63, 3.8) is 0 Å². The Hall–Kier alpha value is 1.37. The van der Waals surface area contributed by atoms with Crippen molar-refractivity contribution in [3.05, 3.63) is 0 Å². The summed E-state index contributed by atoms with van der Waals surface area (Å²) in [4.78, 5) is 2.05. The van der Waals surface area contributed by atoms with Gasteiger partial charge in [-0.3, -0.25) is 4.90 Å². The zero-order chi connectivity index (χ0) is 17.1. The molecule has 3 saturated heterocycles. The van der Waals surface area contributed by atoms with E-state index < -0.39 is 6.17 Å². The Balaban J connectivity index is 0.000000387. The van der Waals surface area contributed by atoms with E-state index in [4.69, 9.17) is 14.2 Å². The minimum absolute atomic E-state index is 0. The van der Waals surface area contributed by atoms with Gasteiger partial charge in [-0.15, -0.1) is 6.61 Å². The summed E-state index contributed by atoms with van der Waals surface area (Å²) in [6, 6.07) is 0. The smallest absolute Gasteiger partial charge is 0.853 e. The number of fused-ring (bicyclic) bond motifs is 1. The standard InChI is InChI=1S/C8H13FNO.C7H14O3.C2H6.K/c9-7-4-8(6-11)2-1-3-10(8)5-7;1-2-8-5-7-6-9-3-4-10-7;1-2;/h7H,1-6H2;7H,2-6H2,1H3;1-2H3;/q-1;;;+1. The summed E-state index contributed by atoms with van der Waals surface area (Å²) in [5.74, 6) is 0. The van der Waals surface area contributed by atoms with Crippen LogP contribution in [-0.2, 0) is 14.2 Å². The predicted molar refractivity (Wildman–Crippen MR) is 86.3 cm³/mol. The van der Waals surface area contributed by atoms with Gasteiger partial charge in [0.25, 0.3) is 0 Å². The fourth-order valence-corrected chi connectivity index (χ4v) is 3.33. The van der Waals surface area contributed by atoms with Crippen LogP contribution in [0, 0.1) is 0 Å². The summed E-state index contributed by atoms with van der Waals surface area (Å²) in [7, 11) is 0. The molecule has 0 aromatic rings. The first-order chi connectivity index (χ1) is 11.2. The third-order valence-corrected chi connectivity index (χ3v) is 4.42. The fourth-order valence-electron chi connectivity index (χ4n) is 3.33. The van der Waals surface area contributed by atoms with Crippen molar-refractivity contribution < 1.29 is 75.1 Å². The largest absolute Gasteiger partial charge is 1.00 e. The Bertz CT molecular complexity index is 308. The molecular formula is C17H33FKNO4. The molecule has 0 radical (unpaired) electrons. The predicted octanol–water partition coefficient (Wildman–Crippen LogP) is -1.61. The number of halogens is 1. The minimum Gasteiger partial charge on any atom is -0.853 e. The van der Waals surface area contributed by atoms with Crippen LogP contribution in [0.2, 0.25) is 0 Å². The normalized spacial score (nSPS) is 31.9. The zero-order valence-corrected chi connectivity index (χ0v) is 19.0. The van der Waals surface area contributed by atoms with Crippen LogP contribution in [0.25, 0.3) is 0 Å². The van der Waals surface area contributed by atoms with Crippen LogP contribution in [0.3, 0.4) is 0 Å². The number of nitrogens with zero attached hydrogens (tertiary/aromatic N) is 1. The van der Waals surface area contributed by atoms with Gasteiger partial charge in [0.2, 0.25) is 0 Å². The Morgan fingerprint density at radius 3 is 2.62 bits per heavy atom. The molecular weight excluding hydrogens is 340 g/mol. The van der Waals surface area contributed by atoms with Crippen LogP contribution >= 0.6 is 0 Å². The van der Waals surface area contributed by atoms with Crippen LogP contribution in [0.5, 0.6) is 0 Å². The first kappa shape index (κ1) is 25.4. The SMILES string of the molecule is CC.CCOCC1COCCO1.[K+].[O-]CC12CCCN1CC(F)C2. The van der Waals surface area contributed by atoms with Crippen molar-refractivity contribution in [2.45, 2.75) is 57.8 Å². The van der Waals surface area contributed by atoms with E-state index in [2.05, 4.69) is 0 Å². The molecule has 0 N–H and O–H groups in total. The Kier molecular flexibility index (Phi) is 15.2. The second-order valence-corrected chi connectivity index (χ2v) is 5.95. The molecule has 0 aromatic heterocycles. The molecule has 3 unspecified atom stereocenters. The van der Waals surface area contributed by atoms with Crippen molar-refractivity contribution in [1.29, 1.82) is 0 Å². The third-order valence-electron chi connectivity index (χ3n) is 4.42. The monoisotopic (exact) mass is 373 g/mol. The summed E-state index contributed by atoms with van der Waals surface area (Å²) in [6.45, 7) is 10.8. The van der Waals surface area contributed by atoms with Crippen LogP contribution in [0.15, 0.2) is 0 Å². The molecule has 7 heteroatoms. The molecule has 3 aliphatic heterocycles. The van der Waals surface area contributed by atoms with Gasteiger partial charge in [0.15, 0.2) is 0 Å². The van der Waals surface area contributed by atoms with E-state index in [-0.39, 0.29) is 69.6 Å². The summed E-state index contributed by atoms with van der Waals surface area (Å²) in [5.41, 5.74) is -0.278. The van der Waals surface area contributed by atoms with Gasteiger partial charge in [0, 0.05) is 18.7 Å². The Labute approximate surface area is 189 Å². The van der Waals surface area contributed by atoms with Crippen LogP contribution < -0.4 is 56.5 Å². The van der Waals surface area contributed by atoms with E-state index in [1.807, 2.05) is 25.7 Å². The van der Waals surface area contributed by atoms with Crippen molar-refractivity contribution in [3.8, 4) is 0 Å². The van der Waals surface area contributed by atoms with Gasteiger partial charge in [-0.1, -0.05) is 13.8 Å². The van der Waals surface area contributed by atoms with Crippen LogP contribution in [-0.4, -0.2) is 75.4 Å². The first-order valence-electron chi connectivity index (χ1n) is 8.94. The summed E-state index contributed by atoms with van der Waals surface area (Å²) in [5, 5.41) is 10.9. The van der Waals surface area contributed by atoms with Crippen molar-refractivity contribution in [1.82, 2.24) is 4.90 Å². The second-order valence-electron chi connectivity index (χ2n) is 5.95. The van der Waals surface area contributed by atoms with Gasteiger partial charge >= 0.3 is 51.4 Å². The van der Waals surface area contributed by atoms with E-state index >= 15 is 0 Å². The average Bonchev–Trinajstić information content (AvgIpc) is 3.12. The van der Waals surface area contributed by atoms with Gasteiger partial charge in [0.1, 0.15) is 12.3 Å².